The van der Waals surface area contributed by atoms with Gasteiger partial charge in [0.15, 0.2) is 18.1 Å². The predicted molar refractivity (Wildman–Crippen MR) is 92.3 cm³/mol. The molecule has 0 aliphatic carbocycles. The highest BCUT2D eigenvalue weighted by Crippen LogP contribution is 2.10. The molecule has 8 heteroatoms. The van der Waals surface area contributed by atoms with Crippen molar-refractivity contribution in [1.82, 2.24) is 15.3 Å². The summed E-state index contributed by atoms with van der Waals surface area (Å²) in [6, 6.07) is 10.1. The number of thioether (sulfide) groups is 1. The molecule has 1 heterocycles. The molecular weight excluding hydrogens is 328 g/mol. The van der Waals surface area contributed by atoms with Crippen LogP contribution in [-0.4, -0.2) is 40.7 Å². The third-order valence-corrected chi connectivity index (χ3v) is 3.96. The maximum Gasteiger partial charge on any atom is 0.361 e. The van der Waals surface area contributed by atoms with Crippen LogP contribution >= 0.6 is 11.8 Å². The standard InChI is InChI=1S/C16H18N4O3S/c17-15-14(19-6-7-20-15)16(22)23-10-13(21)18-8-9-24-11-12-4-2-1-3-5-12/h1-7H,8-11H2,(H2,17,20)(H,18,21). The zero-order valence-corrected chi connectivity index (χ0v) is 13.8. The largest absolute Gasteiger partial charge is 0.451 e. The van der Waals surface area contributed by atoms with Gasteiger partial charge in [-0.05, 0) is 5.56 Å². The second kappa shape index (κ2) is 9.51. The van der Waals surface area contributed by atoms with Crippen LogP contribution in [-0.2, 0) is 15.3 Å². The highest BCUT2D eigenvalue weighted by Gasteiger charge is 2.15. The van der Waals surface area contributed by atoms with Crippen LogP contribution < -0.4 is 11.1 Å². The molecule has 0 saturated carbocycles. The number of esters is 1. The Bertz CT molecular complexity index is 682. The van der Waals surface area contributed by atoms with E-state index in [0.717, 1.165) is 11.5 Å². The zero-order valence-electron chi connectivity index (χ0n) is 13.0. The summed E-state index contributed by atoms with van der Waals surface area (Å²) >= 11 is 1.71. The molecule has 0 atom stereocenters. The molecule has 1 aromatic heterocycles. The number of nitrogens with two attached hydrogens (primary N) is 1. The average Bonchev–Trinajstić information content (AvgIpc) is 2.60. The second-order valence-electron chi connectivity index (χ2n) is 4.75. The summed E-state index contributed by atoms with van der Waals surface area (Å²) in [7, 11) is 0. The SMILES string of the molecule is Nc1nccnc1C(=O)OCC(=O)NCCSCc1ccccc1. The topological polar surface area (TPSA) is 107 Å². The Morgan fingerprint density at radius 2 is 1.92 bits per heavy atom. The fourth-order valence-corrected chi connectivity index (χ4v) is 2.60. The van der Waals surface area contributed by atoms with E-state index < -0.39 is 5.97 Å². The number of carbonyl (C=O) groups is 2. The summed E-state index contributed by atoms with van der Waals surface area (Å²) in [4.78, 5) is 30.9. The molecule has 0 bridgehead atoms. The molecule has 126 valence electrons. The summed E-state index contributed by atoms with van der Waals surface area (Å²) in [5.41, 5.74) is 6.66. The minimum absolute atomic E-state index is 0.0276. The van der Waals surface area contributed by atoms with Gasteiger partial charge in [-0.25, -0.2) is 14.8 Å². The predicted octanol–water partition coefficient (Wildman–Crippen LogP) is 1.27. The lowest BCUT2D eigenvalue weighted by Crippen LogP contribution is -2.30. The van der Waals surface area contributed by atoms with Crippen LogP contribution in [0.25, 0.3) is 0 Å². The zero-order chi connectivity index (χ0) is 17.2. The molecule has 3 N–H and O–H groups in total. The molecular formula is C16H18N4O3S. The Kier molecular flexibility index (Phi) is 7.03. The van der Waals surface area contributed by atoms with Gasteiger partial charge in [0.1, 0.15) is 0 Å². The number of carbonyl (C=O) groups excluding carboxylic acids is 2. The molecule has 0 aliphatic heterocycles. The fourth-order valence-electron chi connectivity index (χ4n) is 1.78. The van der Waals surface area contributed by atoms with Crippen LogP contribution in [0.1, 0.15) is 16.1 Å². The van der Waals surface area contributed by atoms with Crippen molar-refractivity contribution in [3.63, 3.8) is 0 Å². The van der Waals surface area contributed by atoms with E-state index in [0.29, 0.717) is 6.54 Å². The van der Waals surface area contributed by atoms with E-state index in [1.165, 1.54) is 18.0 Å². The van der Waals surface area contributed by atoms with Crippen molar-refractivity contribution in [2.45, 2.75) is 5.75 Å². The van der Waals surface area contributed by atoms with Crippen molar-refractivity contribution in [3.05, 3.63) is 54.0 Å². The van der Waals surface area contributed by atoms with E-state index in [-0.39, 0.29) is 24.0 Å². The lowest BCUT2D eigenvalue weighted by atomic mass is 10.2. The Hall–Kier alpha value is -2.61. The molecule has 24 heavy (non-hydrogen) atoms. The summed E-state index contributed by atoms with van der Waals surface area (Å²) in [6.45, 7) is 0.124. The number of hydrogen-bond donors (Lipinski definition) is 2. The first-order chi connectivity index (χ1) is 11.7. The van der Waals surface area contributed by atoms with Gasteiger partial charge in [-0.3, -0.25) is 4.79 Å². The van der Waals surface area contributed by atoms with Crippen LogP contribution in [0, 0.1) is 0 Å². The van der Waals surface area contributed by atoms with E-state index in [1.54, 1.807) is 11.8 Å². The maximum absolute atomic E-state index is 11.7. The summed E-state index contributed by atoms with van der Waals surface area (Å²) < 4.78 is 4.86. The first kappa shape index (κ1) is 17.7. The van der Waals surface area contributed by atoms with Crippen LogP contribution in [0.2, 0.25) is 0 Å². The highest BCUT2D eigenvalue weighted by atomic mass is 32.2. The third-order valence-electron chi connectivity index (χ3n) is 2.93. The lowest BCUT2D eigenvalue weighted by molar-refractivity contribution is -0.124. The molecule has 2 aromatic rings. The fraction of sp³-hybridized carbons (Fsp3) is 0.250. The molecule has 2 rings (SSSR count). The van der Waals surface area contributed by atoms with Crippen molar-refractivity contribution < 1.29 is 14.3 Å². The van der Waals surface area contributed by atoms with Gasteiger partial charge >= 0.3 is 5.97 Å². The lowest BCUT2D eigenvalue weighted by Gasteiger charge is -2.07. The van der Waals surface area contributed by atoms with Crippen LogP contribution in [0.4, 0.5) is 5.82 Å². The number of nitrogens with zero attached hydrogens (tertiary/aromatic N) is 2. The molecule has 0 radical (unpaired) electrons. The number of anilines is 1. The first-order valence-electron chi connectivity index (χ1n) is 7.29. The van der Waals surface area contributed by atoms with Crippen molar-refractivity contribution in [2.75, 3.05) is 24.6 Å². The number of nitrogen functional groups attached to an aromatic ring is 1. The summed E-state index contributed by atoms with van der Waals surface area (Å²) in [5.74, 6) is 0.490. The van der Waals surface area contributed by atoms with Crippen LogP contribution in [0.5, 0.6) is 0 Å². The summed E-state index contributed by atoms with van der Waals surface area (Å²) in [5, 5.41) is 2.69. The van der Waals surface area contributed by atoms with E-state index in [9.17, 15) is 9.59 Å². The number of nitrogens with one attached hydrogen (secondary N) is 1. The van der Waals surface area contributed by atoms with Gasteiger partial charge in [0.25, 0.3) is 5.91 Å². The molecule has 1 aromatic carbocycles. The second-order valence-corrected chi connectivity index (χ2v) is 5.86. The van der Waals surface area contributed by atoms with Gasteiger partial charge in [0.05, 0.1) is 0 Å². The Morgan fingerprint density at radius 1 is 1.17 bits per heavy atom. The van der Waals surface area contributed by atoms with E-state index in [1.807, 2.05) is 18.2 Å². The molecule has 7 nitrogen and oxygen atoms in total. The Labute approximate surface area is 144 Å². The van der Waals surface area contributed by atoms with Crippen molar-refractivity contribution in [1.29, 1.82) is 0 Å². The molecule has 0 fully saturated rings. The van der Waals surface area contributed by atoms with Gasteiger partial charge in [-0.2, -0.15) is 11.8 Å². The van der Waals surface area contributed by atoms with Gasteiger partial charge in [-0.15, -0.1) is 0 Å². The minimum Gasteiger partial charge on any atom is -0.451 e. The summed E-state index contributed by atoms with van der Waals surface area (Å²) in [6.07, 6.45) is 2.70. The number of amides is 1. The van der Waals surface area contributed by atoms with Crippen LogP contribution in [0.15, 0.2) is 42.7 Å². The van der Waals surface area contributed by atoms with Crippen LogP contribution in [0.3, 0.4) is 0 Å². The smallest absolute Gasteiger partial charge is 0.361 e. The van der Waals surface area contributed by atoms with E-state index in [2.05, 4.69) is 27.4 Å². The van der Waals surface area contributed by atoms with Crippen molar-refractivity contribution in [2.24, 2.45) is 0 Å². The van der Waals surface area contributed by atoms with E-state index in [4.69, 9.17) is 10.5 Å². The van der Waals surface area contributed by atoms with Gasteiger partial charge in [0, 0.05) is 30.4 Å². The average molecular weight is 346 g/mol. The Morgan fingerprint density at radius 3 is 2.67 bits per heavy atom. The molecule has 0 spiro atoms. The quantitative estimate of drug-likeness (QED) is 0.547. The maximum atomic E-state index is 11.7. The van der Waals surface area contributed by atoms with Gasteiger partial charge in [0.2, 0.25) is 0 Å². The van der Waals surface area contributed by atoms with Crippen molar-refractivity contribution >= 4 is 29.5 Å². The van der Waals surface area contributed by atoms with E-state index >= 15 is 0 Å². The molecule has 0 saturated heterocycles. The molecule has 1 amide bonds. The number of benzene rings is 1. The van der Waals surface area contributed by atoms with Gasteiger partial charge in [-0.1, -0.05) is 30.3 Å². The number of hydrogen-bond acceptors (Lipinski definition) is 7. The molecule has 0 unspecified atom stereocenters. The minimum atomic E-state index is -0.769. The molecule has 0 aliphatic rings. The van der Waals surface area contributed by atoms with Gasteiger partial charge < -0.3 is 15.8 Å². The van der Waals surface area contributed by atoms with Crippen molar-refractivity contribution in [3.8, 4) is 0 Å². The Balaban J connectivity index is 1.60. The highest BCUT2D eigenvalue weighted by molar-refractivity contribution is 7.98. The number of ether oxygens (including phenoxy) is 1. The first-order valence-corrected chi connectivity index (χ1v) is 8.44. The third kappa shape index (κ3) is 5.88. The monoisotopic (exact) mass is 346 g/mol. The normalized spacial score (nSPS) is 10.2. The number of aromatic nitrogens is 2. The number of rotatable bonds is 8.